The zero-order chi connectivity index (χ0) is 16.4. The fraction of sp³-hybridized carbons (Fsp3) is 0.118. The summed E-state index contributed by atoms with van der Waals surface area (Å²) in [4.78, 5) is 12.4. The molecule has 2 aromatic carbocycles. The summed E-state index contributed by atoms with van der Waals surface area (Å²) in [5, 5.41) is 11.8. The van der Waals surface area contributed by atoms with Gasteiger partial charge in [-0.3, -0.25) is 10.1 Å². The van der Waals surface area contributed by atoms with Gasteiger partial charge in [-0.25, -0.2) is 4.39 Å². The largest absolute Gasteiger partial charge is 0.296 e. The Morgan fingerprint density at radius 3 is 2.35 bits per heavy atom. The highest BCUT2D eigenvalue weighted by atomic mass is 32.1. The third-order valence-electron chi connectivity index (χ3n) is 3.44. The third kappa shape index (κ3) is 3.27. The van der Waals surface area contributed by atoms with Crippen LogP contribution in [0.5, 0.6) is 0 Å². The van der Waals surface area contributed by atoms with Crippen molar-refractivity contribution in [1.29, 1.82) is 0 Å². The van der Waals surface area contributed by atoms with Crippen LogP contribution in [0, 0.1) is 19.7 Å². The molecule has 1 aromatic heterocycles. The summed E-state index contributed by atoms with van der Waals surface area (Å²) >= 11 is 1.25. The van der Waals surface area contributed by atoms with Crippen molar-refractivity contribution in [2.24, 2.45) is 0 Å². The van der Waals surface area contributed by atoms with Crippen molar-refractivity contribution in [2.45, 2.75) is 13.8 Å². The van der Waals surface area contributed by atoms with Crippen molar-refractivity contribution in [1.82, 2.24) is 10.2 Å². The van der Waals surface area contributed by atoms with E-state index in [0.717, 1.165) is 16.7 Å². The molecule has 116 valence electrons. The number of nitrogens with zero attached hydrogens (tertiary/aromatic N) is 2. The van der Waals surface area contributed by atoms with Gasteiger partial charge in [0, 0.05) is 11.1 Å². The molecular weight excluding hydrogens is 313 g/mol. The molecule has 0 saturated carbocycles. The SMILES string of the molecule is Cc1cccc(C)c1C(=O)Nc1nnc(-c2ccc(F)cc2)s1. The number of anilines is 1. The van der Waals surface area contributed by atoms with Gasteiger partial charge in [0.05, 0.1) is 0 Å². The van der Waals surface area contributed by atoms with Crippen LogP contribution in [0.4, 0.5) is 9.52 Å². The molecule has 0 aliphatic carbocycles. The minimum Gasteiger partial charge on any atom is -0.296 e. The lowest BCUT2D eigenvalue weighted by Gasteiger charge is -2.08. The van der Waals surface area contributed by atoms with Gasteiger partial charge in [0.25, 0.3) is 5.91 Å². The van der Waals surface area contributed by atoms with Crippen LogP contribution in [0.2, 0.25) is 0 Å². The van der Waals surface area contributed by atoms with E-state index < -0.39 is 0 Å². The molecule has 0 aliphatic rings. The van der Waals surface area contributed by atoms with Crippen LogP contribution < -0.4 is 5.32 Å². The Morgan fingerprint density at radius 1 is 1.04 bits per heavy atom. The summed E-state index contributed by atoms with van der Waals surface area (Å²) in [6, 6.07) is 11.7. The second-order valence-corrected chi connectivity index (χ2v) is 6.12. The number of amides is 1. The quantitative estimate of drug-likeness (QED) is 0.784. The first-order valence-corrected chi connectivity index (χ1v) is 7.83. The minimum absolute atomic E-state index is 0.206. The Balaban J connectivity index is 1.82. The summed E-state index contributed by atoms with van der Waals surface area (Å²) in [5.41, 5.74) is 3.22. The number of hydrogen-bond donors (Lipinski definition) is 1. The normalized spacial score (nSPS) is 10.6. The highest BCUT2D eigenvalue weighted by molar-refractivity contribution is 7.18. The first-order chi connectivity index (χ1) is 11.0. The molecule has 0 spiro atoms. The summed E-state index contributed by atoms with van der Waals surface area (Å²) in [7, 11) is 0. The van der Waals surface area contributed by atoms with Crippen LogP contribution in [-0.2, 0) is 0 Å². The molecule has 0 saturated heterocycles. The van der Waals surface area contributed by atoms with Gasteiger partial charge < -0.3 is 0 Å². The molecule has 1 heterocycles. The number of benzene rings is 2. The second kappa shape index (κ2) is 6.26. The Bertz CT molecular complexity index is 838. The molecule has 1 amide bonds. The van der Waals surface area contributed by atoms with E-state index in [2.05, 4.69) is 15.5 Å². The van der Waals surface area contributed by atoms with Crippen molar-refractivity contribution in [3.8, 4) is 10.6 Å². The van der Waals surface area contributed by atoms with Gasteiger partial charge in [-0.05, 0) is 49.2 Å². The van der Waals surface area contributed by atoms with E-state index in [-0.39, 0.29) is 11.7 Å². The molecule has 0 unspecified atom stereocenters. The number of nitrogens with one attached hydrogen (secondary N) is 1. The minimum atomic E-state index is -0.304. The Kier molecular flexibility index (Phi) is 4.16. The van der Waals surface area contributed by atoms with Gasteiger partial charge in [0.2, 0.25) is 5.13 Å². The Labute approximate surface area is 137 Å². The highest BCUT2D eigenvalue weighted by Gasteiger charge is 2.15. The molecular formula is C17H14FN3OS. The Morgan fingerprint density at radius 2 is 1.70 bits per heavy atom. The van der Waals surface area contributed by atoms with Crippen LogP contribution in [0.3, 0.4) is 0 Å². The van der Waals surface area contributed by atoms with Gasteiger partial charge in [0.1, 0.15) is 10.8 Å². The molecule has 0 bridgehead atoms. The number of aromatic nitrogens is 2. The first-order valence-electron chi connectivity index (χ1n) is 7.01. The van der Waals surface area contributed by atoms with Crippen molar-refractivity contribution in [3.63, 3.8) is 0 Å². The van der Waals surface area contributed by atoms with E-state index >= 15 is 0 Å². The van der Waals surface area contributed by atoms with Gasteiger partial charge in [-0.2, -0.15) is 0 Å². The molecule has 0 aliphatic heterocycles. The van der Waals surface area contributed by atoms with Crippen molar-refractivity contribution >= 4 is 22.4 Å². The lowest BCUT2D eigenvalue weighted by molar-refractivity contribution is 0.102. The monoisotopic (exact) mass is 327 g/mol. The topological polar surface area (TPSA) is 54.9 Å². The number of carbonyl (C=O) groups excluding carboxylic acids is 1. The summed E-state index contributed by atoms with van der Waals surface area (Å²) in [5.74, 6) is -0.510. The summed E-state index contributed by atoms with van der Waals surface area (Å²) in [6.07, 6.45) is 0. The van der Waals surface area contributed by atoms with Crippen LogP contribution in [0.15, 0.2) is 42.5 Å². The molecule has 6 heteroatoms. The molecule has 23 heavy (non-hydrogen) atoms. The summed E-state index contributed by atoms with van der Waals surface area (Å²) < 4.78 is 13.0. The zero-order valence-electron chi connectivity index (χ0n) is 12.6. The predicted octanol–water partition coefficient (Wildman–Crippen LogP) is 4.21. The lowest BCUT2D eigenvalue weighted by atomic mass is 10.0. The number of hydrogen-bond acceptors (Lipinski definition) is 4. The number of carbonyl (C=O) groups is 1. The van der Waals surface area contributed by atoms with Gasteiger partial charge in [-0.15, -0.1) is 10.2 Å². The maximum atomic E-state index is 13.0. The van der Waals surface area contributed by atoms with Gasteiger partial charge in [-0.1, -0.05) is 29.5 Å². The average molecular weight is 327 g/mol. The van der Waals surface area contributed by atoms with Crippen LogP contribution in [0.1, 0.15) is 21.5 Å². The van der Waals surface area contributed by atoms with Crippen LogP contribution in [0.25, 0.3) is 10.6 Å². The third-order valence-corrected chi connectivity index (χ3v) is 4.33. The van der Waals surface area contributed by atoms with Gasteiger partial charge in [0.15, 0.2) is 0 Å². The fourth-order valence-corrected chi connectivity index (χ4v) is 3.06. The summed E-state index contributed by atoms with van der Waals surface area (Å²) in [6.45, 7) is 3.79. The molecule has 3 aromatic rings. The van der Waals surface area contributed by atoms with E-state index in [9.17, 15) is 9.18 Å². The molecule has 1 N–H and O–H groups in total. The highest BCUT2D eigenvalue weighted by Crippen LogP contribution is 2.27. The Hall–Kier alpha value is -2.60. The predicted molar refractivity (Wildman–Crippen MR) is 89.2 cm³/mol. The van der Waals surface area contributed by atoms with Crippen LogP contribution >= 0.6 is 11.3 Å². The number of halogens is 1. The van der Waals surface area contributed by atoms with E-state index in [1.54, 1.807) is 12.1 Å². The zero-order valence-corrected chi connectivity index (χ0v) is 13.4. The molecule has 4 nitrogen and oxygen atoms in total. The van der Waals surface area contributed by atoms with Crippen LogP contribution in [-0.4, -0.2) is 16.1 Å². The second-order valence-electron chi connectivity index (χ2n) is 5.14. The van der Waals surface area contributed by atoms with E-state index in [1.165, 1.54) is 23.5 Å². The standard InChI is InChI=1S/C17H14FN3OS/c1-10-4-3-5-11(2)14(10)15(22)19-17-21-20-16(23-17)12-6-8-13(18)9-7-12/h3-9H,1-2H3,(H,19,21,22). The maximum Gasteiger partial charge on any atom is 0.258 e. The average Bonchev–Trinajstić information content (AvgIpc) is 2.96. The van der Waals surface area contributed by atoms with Crippen molar-refractivity contribution < 1.29 is 9.18 Å². The smallest absolute Gasteiger partial charge is 0.258 e. The number of rotatable bonds is 3. The number of aryl methyl sites for hydroxylation is 2. The molecule has 0 atom stereocenters. The molecule has 3 rings (SSSR count). The van der Waals surface area contributed by atoms with E-state index in [1.807, 2.05) is 32.0 Å². The first kappa shape index (κ1) is 15.3. The van der Waals surface area contributed by atoms with E-state index in [0.29, 0.717) is 15.7 Å². The van der Waals surface area contributed by atoms with Gasteiger partial charge >= 0.3 is 0 Å². The molecule has 0 radical (unpaired) electrons. The maximum absolute atomic E-state index is 13.0. The lowest BCUT2D eigenvalue weighted by Crippen LogP contribution is -2.14. The fourth-order valence-electron chi connectivity index (χ4n) is 2.32. The van der Waals surface area contributed by atoms with Crippen molar-refractivity contribution in [2.75, 3.05) is 5.32 Å². The van der Waals surface area contributed by atoms with Crippen molar-refractivity contribution in [3.05, 3.63) is 65.0 Å². The van der Waals surface area contributed by atoms with E-state index in [4.69, 9.17) is 0 Å². The molecule has 0 fully saturated rings.